The molecule has 1 aliphatic heterocycles. The van der Waals surface area contributed by atoms with Gasteiger partial charge in [0.15, 0.2) is 0 Å². The average molecular weight is 498 g/mol. The third-order valence-electron chi connectivity index (χ3n) is 9.12. The fraction of sp³-hybridized carbons (Fsp3) is 1.00. The summed E-state index contributed by atoms with van der Waals surface area (Å²) < 4.78 is 77.3. The molecule has 4 rings (SSSR count). The largest absolute Gasteiger partial charge is 0.358 e. The predicted octanol–water partition coefficient (Wildman–Crippen LogP) is 6.63. The first-order chi connectivity index (χ1) is 15.6. The van der Waals surface area contributed by atoms with Gasteiger partial charge in [-0.15, -0.1) is 9.24 Å². The van der Waals surface area contributed by atoms with Gasteiger partial charge in [-0.25, -0.2) is 13.2 Å². The van der Waals surface area contributed by atoms with Crippen molar-refractivity contribution >= 4 is 9.24 Å². The van der Waals surface area contributed by atoms with E-state index in [4.69, 9.17) is 4.74 Å². The van der Waals surface area contributed by atoms with E-state index in [0.717, 1.165) is 12.5 Å². The number of alkyl halides is 5. The maximum absolute atomic E-state index is 15.2. The first-order valence-electron chi connectivity index (χ1n) is 13.1. The molecule has 8 heteroatoms. The highest BCUT2D eigenvalue weighted by molar-refractivity contribution is 7.17. The molecular formula is C25H41F5NOP. The molecule has 0 spiro atoms. The molecule has 1 N–H and O–H groups in total. The summed E-state index contributed by atoms with van der Waals surface area (Å²) in [4.78, 5) is 0. The van der Waals surface area contributed by atoms with Crippen LogP contribution in [0, 0.1) is 29.6 Å². The number of hydrogen-bond acceptors (Lipinski definition) is 2. The highest BCUT2D eigenvalue weighted by Gasteiger charge is 2.48. The van der Waals surface area contributed by atoms with Gasteiger partial charge >= 0.3 is 6.11 Å². The molecule has 0 bridgehead atoms. The second-order valence-electron chi connectivity index (χ2n) is 11.5. The molecule has 0 aromatic rings. The molecular weight excluding hydrogens is 456 g/mol. The Balaban J connectivity index is 1.24. The van der Waals surface area contributed by atoms with E-state index in [-0.39, 0.29) is 37.6 Å². The summed E-state index contributed by atoms with van der Waals surface area (Å²) in [5, 5.41) is 3.46. The van der Waals surface area contributed by atoms with Gasteiger partial charge in [0.2, 0.25) is 0 Å². The smallest absolute Gasteiger partial charge is 0.317 e. The standard InChI is InChI=1S/C25H41F5NOP/c1-14-2-4-15(5-3-14)17-10-21(27)24(31-13-17)16-6-8-18(9-7-16)25(29,30)32-19-11-20(26)23(28)22(33)12-19/h14-24,31H,2-13,33H2,1H3. The van der Waals surface area contributed by atoms with Crippen LogP contribution >= 0.6 is 9.24 Å². The quantitative estimate of drug-likeness (QED) is 0.340. The summed E-state index contributed by atoms with van der Waals surface area (Å²) in [6.45, 7) is 3.13. The van der Waals surface area contributed by atoms with Crippen molar-refractivity contribution in [2.24, 2.45) is 29.6 Å². The molecule has 0 aromatic carbocycles. The van der Waals surface area contributed by atoms with E-state index in [1.165, 1.54) is 25.7 Å². The third-order valence-corrected chi connectivity index (χ3v) is 9.76. The molecule has 3 aliphatic carbocycles. The summed E-state index contributed by atoms with van der Waals surface area (Å²) in [7, 11) is 2.21. The van der Waals surface area contributed by atoms with Crippen LogP contribution in [0.3, 0.4) is 0 Å². The molecule has 192 valence electrons. The van der Waals surface area contributed by atoms with Crippen LogP contribution in [0.25, 0.3) is 0 Å². The minimum absolute atomic E-state index is 0.0630. The number of rotatable bonds is 5. The second-order valence-corrected chi connectivity index (χ2v) is 12.3. The molecule has 2 nitrogen and oxygen atoms in total. The van der Waals surface area contributed by atoms with Crippen molar-refractivity contribution < 1.29 is 26.7 Å². The van der Waals surface area contributed by atoms with Crippen molar-refractivity contribution in [2.45, 2.75) is 120 Å². The van der Waals surface area contributed by atoms with Gasteiger partial charge in [0, 0.05) is 18.1 Å². The van der Waals surface area contributed by atoms with Crippen LogP contribution in [0.4, 0.5) is 22.0 Å². The summed E-state index contributed by atoms with van der Waals surface area (Å²) in [5.74, 6) is 0.891. The molecule has 0 radical (unpaired) electrons. The Morgan fingerprint density at radius 1 is 0.788 bits per heavy atom. The predicted molar refractivity (Wildman–Crippen MR) is 124 cm³/mol. The lowest BCUT2D eigenvalue weighted by molar-refractivity contribution is -0.303. The topological polar surface area (TPSA) is 21.3 Å². The molecule has 1 heterocycles. The van der Waals surface area contributed by atoms with Gasteiger partial charge in [0.25, 0.3) is 0 Å². The minimum Gasteiger partial charge on any atom is -0.317 e. The van der Waals surface area contributed by atoms with E-state index in [0.29, 0.717) is 31.1 Å². The van der Waals surface area contributed by atoms with Crippen LogP contribution < -0.4 is 5.32 Å². The van der Waals surface area contributed by atoms with Gasteiger partial charge in [-0.3, -0.25) is 0 Å². The second kappa shape index (κ2) is 10.9. The number of ether oxygens (including phenoxy) is 1. The molecule has 3 saturated carbocycles. The first kappa shape index (κ1) is 26.1. The number of hydrogen-bond donors (Lipinski definition) is 1. The van der Waals surface area contributed by atoms with Crippen molar-refractivity contribution in [1.82, 2.24) is 5.32 Å². The maximum atomic E-state index is 15.2. The molecule has 8 atom stereocenters. The zero-order chi connectivity index (χ0) is 23.8. The van der Waals surface area contributed by atoms with Crippen LogP contribution in [0.15, 0.2) is 0 Å². The highest BCUT2D eigenvalue weighted by atomic mass is 31.0. The van der Waals surface area contributed by atoms with Crippen LogP contribution in [-0.2, 0) is 4.74 Å². The van der Waals surface area contributed by atoms with E-state index >= 15 is 4.39 Å². The molecule has 4 aliphatic rings. The average Bonchev–Trinajstić information content (AvgIpc) is 2.78. The summed E-state index contributed by atoms with van der Waals surface area (Å²) in [5.41, 5.74) is -0.704. The maximum Gasteiger partial charge on any atom is 0.358 e. The van der Waals surface area contributed by atoms with Crippen LogP contribution in [0.5, 0.6) is 0 Å². The lowest BCUT2D eigenvalue weighted by Crippen LogP contribution is -2.53. The van der Waals surface area contributed by atoms with Crippen molar-refractivity contribution in [1.29, 1.82) is 0 Å². The fourth-order valence-electron chi connectivity index (χ4n) is 6.92. The van der Waals surface area contributed by atoms with Crippen molar-refractivity contribution in [3.05, 3.63) is 0 Å². The molecule has 4 fully saturated rings. The van der Waals surface area contributed by atoms with Gasteiger partial charge < -0.3 is 10.1 Å². The number of halogens is 5. The number of piperidine rings is 1. The van der Waals surface area contributed by atoms with Crippen molar-refractivity contribution in [2.75, 3.05) is 6.54 Å². The summed E-state index contributed by atoms with van der Waals surface area (Å²) in [6, 6.07) is -0.246. The Labute approximate surface area is 197 Å². The van der Waals surface area contributed by atoms with Gasteiger partial charge in [0.1, 0.15) is 18.5 Å². The fourth-order valence-corrected chi connectivity index (χ4v) is 7.47. The van der Waals surface area contributed by atoms with Crippen molar-refractivity contribution in [3.8, 4) is 0 Å². The van der Waals surface area contributed by atoms with Crippen molar-refractivity contribution in [3.63, 3.8) is 0 Å². The molecule has 0 amide bonds. The lowest BCUT2D eigenvalue weighted by Gasteiger charge is -2.44. The molecule has 8 unspecified atom stereocenters. The van der Waals surface area contributed by atoms with Crippen LogP contribution in [0.1, 0.15) is 77.6 Å². The highest BCUT2D eigenvalue weighted by Crippen LogP contribution is 2.45. The van der Waals surface area contributed by atoms with Gasteiger partial charge in [-0.05, 0) is 81.6 Å². The minimum atomic E-state index is -3.36. The summed E-state index contributed by atoms with van der Waals surface area (Å²) in [6.07, 6.45) is -1.83. The summed E-state index contributed by atoms with van der Waals surface area (Å²) >= 11 is 0. The SMILES string of the molecule is CC1CCC(C2CNC(C3CCC(C(F)(F)OC4CC(F)C(F)C(P)C4)CC3)C(F)C2)CC1. The van der Waals surface area contributed by atoms with Crippen LogP contribution in [-0.4, -0.2) is 49.0 Å². The lowest BCUT2D eigenvalue weighted by atomic mass is 9.70. The molecule has 1 saturated heterocycles. The normalized spacial score (nSPS) is 47.9. The third kappa shape index (κ3) is 6.23. The Kier molecular flexibility index (Phi) is 8.65. The van der Waals surface area contributed by atoms with Gasteiger partial charge in [-0.2, -0.15) is 8.78 Å². The Morgan fingerprint density at radius 3 is 2.03 bits per heavy atom. The number of nitrogens with one attached hydrogen (secondary N) is 1. The van der Waals surface area contributed by atoms with Gasteiger partial charge in [0.05, 0.1) is 12.0 Å². The van der Waals surface area contributed by atoms with Gasteiger partial charge in [-0.1, -0.05) is 19.8 Å². The van der Waals surface area contributed by atoms with E-state index in [2.05, 4.69) is 21.5 Å². The zero-order valence-electron chi connectivity index (χ0n) is 19.7. The van der Waals surface area contributed by atoms with E-state index in [1.807, 2.05) is 0 Å². The van der Waals surface area contributed by atoms with E-state index < -0.39 is 42.3 Å². The van der Waals surface area contributed by atoms with E-state index in [9.17, 15) is 17.6 Å². The Bertz CT molecular complexity index is 614. The Morgan fingerprint density at radius 2 is 1.42 bits per heavy atom. The Hall–Kier alpha value is -0.0000000000000000555. The van der Waals surface area contributed by atoms with E-state index in [1.54, 1.807) is 0 Å². The first-order valence-corrected chi connectivity index (χ1v) is 13.8. The molecule has 0 aromatic heterocycles. The zero-order valence-corrected chi connectivity index (χ0v) is 20.9. The van der Waals surface area contributed by atoms with Crippen LogP contribution in [0.2, 0.25) is 0 Å². The molecule has 33 heavy (non-hydrogen) atoms. The monoisotopic (exact) mass is 497 g/mol.